The second kappa shape index (κ2) is 13.3. The average Bonchev–Trinajstić information content (AvgIpc) is 2.78. The number of halogens is 1. The van der Waals surface area contributed by atoms with E-state index in [0.717, 1.165) is 26.1 Å². The maximum atomic E-state index is 13.2. The standard InChI is InChI=1S/C20H25FN2.C4H4O4/c21-19-8-6-17(7-9-19)20(18-11-13-22-14-12-18)23-15-10-16-4-2-1-3-5-16;5-3(6)1-2-4(7)8/h1-9,18,20,22-23H,10-15H2;1-2H,(H,5,6)(H,7,8)/b;2-1+. The van der Waals surface area contributed by atoms with Gasteiger partial charge in [0.1, 0.15) is 5.82 Å². The lowest BCUT2D eigenvalue weighted by Crippen LogP contribution is -2.37. The van der Waals surface area contributed by atoms with Crippen LogP contribution in [-0.2, 0) is 16.0 Å². The summed E-state index contributed by atoms with van der Waals surface area (Å²) in [5, 5.41) is 22.8. The minimum Gasteiger partial charge on any atom is -0.478 e. The van der Waals surface area contributed by atoms with Crippen molar-refractivity contribution in [3.05, 3.63) is 83.7 Å². The molecule has 0 aliphatic carbocycles. The first kappa shape index (κ1) is 24.2. The molecule has 1 fully saturated rings. The van der Waals surface area contributed by atoms with Gasteiger partial charge in [-0.15, -0.1) is 0 Å². The number of aliphatic carboxylic acids is 2. The number of carboxylic acid groups (broad SMARTS) is 2. The monoisotopic (exact) mass is 428 g/mol. The Labute approximate surface area is 181 Å². The molecule has 4 N–H and O–H groups in total. The maximum Gasteiger partial charge on any atom is 0.328 e. The van der Waals surface area contributed by atoms with Crippen molar-refractivity contribution in [3.63, 3.8) is 0 Å². The van der Waals surface area contributed by atoms with E-state index in [2.05, 4.69) is 34.9 Å². The van der Waals surface area contributed by atoms with Gasteiger partial charge >= 0.3 is 11.9 Å². The molecule has 2 aromatic rings. The minimum atomic E-state index is -1.26. The largest absolute Gasteiger partial charge is 0.478 e. The van der Waals surface area contributed by atoms with Crippen LogP contribution < -0.4 is 10.6 Å². The van der Waals surface area contributed by atoms with Gasteiger partial charge in [0.15, 0.2) is 0 Å². The summed E-state index contributed by atoms with van der Waals surface area (Å²) in [4.78, 5) is 19.1. The smallest absolute Gasteiger partial charge is 0.328 e. The Kier molecular flexibility index (Phi) is 10.4. The van der Waals surface area contributed by atoms with Gasteiger partial charge in [-0.1, -0.05) is 42.5 Å². The summed E-state index contributed by atoms with van der Waals surface area (Å²) < 4.78 is 13.2. The van der Waals surface area contributed by atoms with Gasteiger partial charge in [-0.2, -0.15) is 0 Å². The third-order valence-electron chi connectivity index (χ3n) is 5.07. The lowest BCUT2D eigenvalue weighted by molar-refractivity contribution is -0.134. The highest BCUT2D eigenvalue weighted by Gasteiger charge is 2.24. The second-order valence-electron chi connectivity index (χ2n) is 7.32. The van der Waals surface area contributed by atoms with Crippen molar-refractivity contribution in [2.45, 2.75) is 25.3 Å². The number of nitrogens with one attached hydrogen (secondary N) is 2. The molecule has 3 rings (SSSR count). The molecule has 1 aliphatic rings. The molecule has 1 saturated heterocycles. The topological polar surface area (TPSA) is 98.7 Å². The maximum absolute atomic E-state index is 13.2. The van der Waals surface area contributed by atoms with E-state index in [-0.39, 0.29) is 5.82 Å². The van der Waals surface area contributed by atoms with Crippen molar-refractivity contribution in [2.75, 3.05) is 19.6 Å². The van der Waals surface area contributed by atoms with E-state index < -0.39 is 11.9 Å². The van der Waals surface area contributed by atoms with Crippen LogP contribution >= 0.6 is 0 Å². The normalized spacial score (nSPS) is 15.1. The highest BCUT2D eigenvalue weighted by atomic mass is 19.1. The number of hydrogen-bond acceptors (Lipinski definition) is 4. The summed E-state index contributed by atoms with van der Waals surface area (Å²) >= 11 is 0. The molecule has 31 heavy (non-hydrogen) atoms. The lowest BCUT2D eigenvalue weighted by atomic mass is 9.86. The van der Waals surface area contributed by atoms with E-state index in [9.17, 15) is 14.0 Å². The molecule has 6 nitrogen and oxygen atoms in total. The van der Waals surface area contributed by atoms with E-state index >= 15 is 0 Å². The van der Waals surface area contributed by atoms with Crippen LogP contribution in [0.4, 0.5) is 4.39 Å². The van der Waals surface area contributed by atoms with Gasteiger partial charge in [-0.3, -0.25) is 0 Å². The van der Waals surface area contributed by atoms with Crippen LogP contribution in [0.15, 0.2) is 66.7 Å². The van der Waals surface area contributed by atoms with Gasteiger partial charge < -0.3 is 20.8 Å². The van der Waals surface area contributed by atoms with Crippen LogP contribution in [0.3, 0.4) is 0 Å². The van der Waals surface area contributed by atoms with Crippen LogP contribution in [0.2, 0.25) is 0 Å². The predicted octanol–water partition coefficient (Wildman–Crippen LogP) is 3.41. The first-order valence-corrected chi connectivity index (χ1v) is 10.3. The van der Waals surface area contributed by atoms with Crippen molar-refractivity contribution < 1.29 is 24.2 Å². The Morgan fingerprint density at radius 1 is 1.00 bits per heavy atom. The van der Waals surface area contributed by atoms with Gasteiger partial charge in [0.05, 0.1) is 0 Å². The van der Waals surface area contributed by atoms with E-state index in [4.69, 9.17) is 10.2 Å². The Morgan fingerprint density at radius 2 is 1.58 bits per heavy atom. The fourth-order valence-corrected chi connectivity index (χ4v) is 3.56. The first-order chi connectivity index (χ1) is 15.0. The highest BCUT2D eigenvalue weighted by Crippen LogP contribution is 2.29. The molecule has 0 radical (unpaired) electrons. The SMILES string of the molecule is Fc1ccc(C(NCCc2ccccc2)C2CCNCC2)cc1.O=C(O)/C=C/C(=O)O. The molecule has 1 heterocycles. The molecule has 1 atom stereocenters. The van der Waals surface area contributed by atoms with E-state index in [1.165, 1.54) is 24.0 Å². The van der Waals surface area contributed by atoms with Crippen LogP contribution in [0.5, 0.6) is 0 Å². The zero-order valence-corrected chi connectivity index (χ0v) is 17.3. The lowest BCUT2D eigenvalue weighted by Gasteiger charge is -2.32. The summed E-state index contributed by atoms with van der Waals surface area (Å²) in [6.07, 6.45) is 4.47. The average molecular weight is 429 g/mol. The quantitative estimate of drug-likeness (QED) is 0.481. The summed E-state index contributed by atoms with van der Waals surface area (Å²) in [5.74, 6) is -2.07. The van der Waals surface area contributed by atoms with Crippen LogP contribution in [0, 0.1) is 11.7 Å². The van der Waals surface area contributed by atoms with Crippen molar-refractivity contribution in [2.24, 2.45) is 5.92 Å². The Hall–Kier alpha value is -3.03. The molecule has 0 spiro atoms. The van der Waals surface area contributed by atoms with Gasteiger partial charge in [0.25, 0.3) is 0 Å². The minimum absolute atomic E-state index is 0.165. The van der Waals surface area contributed by atoms with Crippen LogP contribution in [0.1, 0.15) is 30.0 Å². The number of carbonyl (C=O) groups is 2. The number of piperidine rings is 1. The zero-order chi connectivity index (χ0) is 22.5. The van der Waals surface area contributed by atoms with Crippen LogP contribution in [-0.4, -0.2) is 41.8 Å². The molecule has 0 amide bonds. The first-order valence-electron chi connectivity index (χ1n) is 10.3. The van der Waals surface area contributed by atoms with E-state index in [1.807, 2.05) is 18.2 Å². The van der Waals surface area contributed by atoms with Crippen molar-refractivity contribution in [1.29, 1.82) is 0 Å². The third kappa shape index (κ3) is 9.55. The molecular formula is C24H29FN2O4. The molecule has 7 heteroatoms. The van der Waals surface area contributed by atoms with Gasteiger partial charge in [-0.25, -0.2) is 14.0 Å². The summed E-state index contributed by atoms with van der Waals surface area (Å²) in [7, 11) is 0. The molecule has 0 bridgehead atoms. The predicted molar refractivity (Wildman–Crippen MR) is 117 cm³/mol. The van der Waals surface area contributed by atoms with Gasteiger partial charge in [0, 0.05) is 18.2 Å². The van der Waals surface area contributed by atoms with Crippen molar-refractivity contribution >= 4 is 11.9 Å². The molecular weight excluding hydrogens is 399 g/mol. The summed E-state index contributed by atoms with van der Waals surface area (Å²) in [5.41, 5.74) is 2.55. The molecule has 0 aromatic heterocycles. The summed E-state index contributed by atoms with van der Waals surface area (Å²) in [6, 6.07) is 17.9. The van der Waals surface area contributed by atoms with Crippen molar-refractivity contribution in [1.82, 2.24) is 10.6 Å². The molecule has 166 valence electrons. The zero-order valence-electron chi connectivity index (χ0n) is 17.3. The fourth-order valence-electron chi connectivity index (χ4n) is 3.56. The number of rotatable bonds is 8. The van der Waals surface area contributed by atoms with E-state index in [0.29, 0.717) is 24.1 Å². The second-order valence-corrected chi connectivity index (χ2v) is 7.32. The number of benzene rings is 2. The van der Waals surface area contributed by atoms with Gasteiger partial charge in [0.2, 0.25) is 0 Å². The Morgan fingerprint density at radius 3 is 2.13 bits per heavy atom. The van der Waals surface area contributed by atoms with E-state index in [1.54, 1.807) is 12.1 Å². The molecule has 0 saturated carbocycles. The molecule has 1 aliphatic heterocycles. The fraction of sp³-hybridized carbons (Fsp3) is 0.333. The Balaban J connectivity index is 0.000000366. The van der Waals surface area contributed by atoms with Crippen molar-refractivity contribution in [3.8, 4) is 0 Å². The van der Waals surface area contributed by atoms with Crippen LogP contribution in [0.25, 0.3) is 0 Å². The third-order valence-corrected chi connectivity index (χ3v) is 5.07. The summed E-state index contributed by atoms with van der Waals surface area (Å²) in [6.45, 7) is 3.08. The molecule has 2 aromatic carbocycles. The molecule has 1 unspecified atom stereocenters. The van der Waals surface area contributed by atoms with Gasteiger partial charge in [-0.05, 0) is 68.1 Å². The Bertz CT molecular complexity index is 818. The highest BCUT2D eigenvalue weighted by molar-refractivity contribution is 5.89. The number of carboxylic acids is 2. The number of hydrogen-bond donors (Lipinski definition) is 4.